The number of carboxylic acid groups (broad SMARTS) is 1. The van der Waals surface area contributed by atoms with Crippen LogP contribution in [0.5, 0.6) is 0 Å². The van der Waals surface area contributed by atoms with Gasteiger partial charge in [0.15, 0.2) is 0 Å². The summed E-state index contributed by atoms with van der Waals surface area (Å²) in [5, 5.41) is 11.8. The molecule has 0 aliphatic carbocycles. The second-order valence-corrected chi connectivity index (χ2v) is 4.30. The molecule has 1 aliphatic heterocycles. The zero-order valence-electron chi connectivity index (χ0n) is 9.96. The molecule has 0 aromatic carbocycles. The predicted octanol–water partition coefficient (Wildman–Crippen LogP) is 0.445. The lowest BCUT2D eigenvalue weighted by atomic mass is 10.2. The van der Waals surface area contributed by atoms with E-state index in [2.05, 4.69) is 5.32 Å². The van der Waals surface area contributed by atoms with Gasteiger partial charge >= 0.3 is 5.97 Å². The second kappa shape index (κ2) is 5.68. The van der Waals surface area contributed by atoms with Crippen LogP contribution < -0.4 is 5.32 Å². The molecule has 1 aromatic heterocycles. The lowest BCUT2D eigenvalue weighted by Crippen LogP contribution is -2.44. The zero-order valence-corrected chi connectivity index (χ0v) is 9.96. The third kappa shape index (κ3) is 3.10. The average molecular weight is 252 g/mol. The number of furan rings is 1. The van der Waals surface area contributed by atoms with Crippen molar-refractivity contribution in [2.24, 2.45) is 0 Å². The normalized spacial score (nSPS) is 20.8. The van der Waals surface area contributed by atoms with E-state index in [9.17, 15) is 9.59 Å². The first kappa shape index (κ1) is 12.6. The number of amides is 1. The van der Waals surface area contributed by atoms with Gasteiger partial charge in [-0.15, -0.1) is 0 Å². The maximum atomic E-state index is 12.2. The Morgan fingerprint density at radius 1 is 1.61 bits per heavy atom. The van der Waals surface area contributed by atoms with Crippen LogP contribution in [0, 0.1) is 0 Å². The van der Waals surface area contributed by atoms with Gasteiger partial charge in [-0.1, -0.05) is 0 Å². The molecule has 6 heteroatoms. The summed E-state index contributed by atoms with van der Waals surface area (Å²) in [5.41, 5.74) is 0. The van der Waals surface area contributed by atoms with Crippen LogP contribution in [-0.2, 0) is 16.1 Å². The minimum absolute atomic E-state index is 0.175. The Hall–Kier alpha value is -1.82. The fraction of sp³-hybridized carbons (Fsp3) is 0.500. The van der Waals surface area contributed by atoms with Crippen LogP contribution in [-0.4, -0.2) is 41.0 Å². The molecule has 1 amide bonds. The maximum absolute atomic E-state index is 12.2. The molecular formula is C12H16N2O4. The maximum Gasteiger partial charge on any atom is 0.305 e. The van der Waals surface area contributed by atoms with Crippen molar-refractivity contribution in [2.45, 2.75) is 25.4 Å². The molecule has 1 fully saturated rings. The van der Waals surface area contributed by atoms with E-state index in [1.165, 1.54) is 0 Å². The van der Waals surface area contributed by atoms with Gasteiger partial charge in [-0.2, -0.15) is 0 Å². The highest BCUT2D eigenvalue weighted by Crippen LogP contribution is 2.11. The number of carbonyl (C=O) groups is 2. The molecule has 2 rings (SSSR count). The van der Waals surface area contributed by atoms with Crippen molar-refractivity contribution < 1.29 is 19.1 Å². The SMILES string of the molecule is O=C(O)CC1NCCCN(Cc2ccco2)C1=O. The smallest absolute Gasteiger partial charge is 0.305 e. The van der Waals surface area contributed by atoms with Crippen LogP contribution in [0.4, 0.5) is 0 Å². The van der Waals surface area contributed by atoms with E-state index in [1.807, 2.05) is 0 Å². The number of aliphatic carboxylic acids is 1. The summed E-state index contributed by atoms with van der Waals surface area (Å²) < 4.78 is 5.21. The number of carboxylic acids is 1. The summed E-state index contributed by atoms with van der Waals surface area (Å²) in [6.07, 6.45) is 2.18. The molecule has 6 nitrogen and oxygen atoms in total. The largest absolute Gasteiger partial charge is 0.481 e. The van der Waals surface area contributed by atoms with Crippen molar-refractivity contribution in [1.82, 2.24) is 10.2 Å². The fourth-order valence-corrected chi connectivity index (χ4v) is 2.05. The molecule has 1 aromatic rings. The summed E-state index contributed by atoms with van der Waals surface area (Å²) >= 11 is 0. The summed E-state index contributed by atoms with van der Waals surface area (Å²) in [5.74, 6) is -0.439. The molecule has 2 heterocycles. The second-order valence-electron chi connectivity index (χ2n) is 4.30. The average Bonchev–Trinajstić information content (AvgIpc) is 2.77. The topological polar surface area (TPSA) is 82.8 Å². The molecule has 1 atom stereocenters. The van der Waals surface area contributed by atoms with Crippen molar-refractivity contribution in [3.05, 3.63) is 24.2 Å². The van der Waals surface area contributed by atoms with Crippen LogP contribution in [0.3, 0.4) is 0 Å². The van der Waals surface area contributed by atoms with Crippen molar-refractivity contribution in [1.29, 1.82) is 0 Å². The molecular weight excluding hydrogens is 236 g/mol. The van der Waals surface area contributed by atoms with E-state index in [0.717, 1.165) is 6.42 Å². The lowest BCUT2D eigenvalue weighted by Gasteiger charge is -2.22. The van der Waals surface area contributed by atoms with Gasteiger partial charge in [0, 0.05) is 6.54 Å². The van der Waals surface area contributed by atoms with Gasteiger partial charge in [0.1, 0.15) is 5.76 Å². The molecule has 2 N–H and O–H groups in total. The molecule has 1 aliphatic rings. The molecule has 1 saturated heterocycles. The van der Waals surface area contributed by atoms with Crippen LogP contribution in [0.1, 0.15) is 18.6 Å². The van der Waals surface area contributed by atoms with E-state index < -0.39 is 12.0 Å². The van der Waals surface area contributed by atoms with Gasteiger partial charge in [-0.3, -0.25) is 9.59 Å². The van der Waals surface area contributed by atoms with Crippen molar-refractivity contribution >= 4 is 11.9 Å². The van der Waals surface area contributed by atoms with E-state index in [4.69, 9.17) is 9.52 Å². The van der Waals surface area contributed by atoms with Gasteiger partial charge in [-0.25, -0.2) is 0 Å². The third-order valence-corrected chi connectivity index (χ3v) is 2.91. The number of carbonyl (C=O) groups excluding carboxylic acids is 1. The molecule has 1 unspecified atom stereocenters. The Balaban J connectivity index is 2.04. The number of nitrogens with one attached hydrogen (secondary N) is 1. The Morgan fingerprint density at radius 2 is 2.44 bits per heavy atom. The highest BCUT2D eigenvalue weighted by molar-refractivity contribution is 5.86. The van der Waals surface area contributed by atoms with Gasteiger partial charge in [-0.05, 0) is 25.1 Å². The van der Waals surface area contributed by atoms with Gasteiger partial charge < -0.3 is 19.7 Å². The quantitative estimate of drug-likeness (QED) is 0.812. The van der Waals surface area contributed by atoms with Crippen molar-refractivity contribution in [2.75, 3.05) is 13.1 Å². The van der Waals surface area contributed by atoms with Crippen LogP contribution >= 0.6 is 0 Å². The van der Waals surface area contributed by atoms with Crippen LogP contribution in [0.25, 0.3) is 0 Å². The molecule has 0 spiro atoms. The highest BCUT2D eigenvalue weighted by Gasteiger charge is 2.28. The Labute approximate surface area is 105 Å². The summed E-state index contributed by atoms with van der Waals surface area (Å²) in [7, 11) is 0. The molecule has 98 valence electrons. The summed E-state index contributed by atoms with van der Waals surface area (Å²) in [4.78, 5) is 24.5. The first-order valence-corrected chi connectivity index (χ1v) is 5.93. The van der Waals surface area contributed by atoms with Gasteiger partial charge in [0.05, 0.1) is 25.3 Å². The molecule has 0 bridgehead atoms. The zero-order chi connectivity index (χ0) is 13.0. The molecule has 0 radical (unpaired) electrons. The fourth-order valence-electron chi connectivity index (χ4n) is 2.05. The van der Waals surface area contributed by atoms with E-state index in [-0.39, 0.29) is 12.3 Å². The Kier molecular flexibility index (Phi) is 3.99. The highest BCUT2D eigenvalue weighted by atomic mass is 16.4. The van der Waals surface area contributed by atoms with E-state index in [0.29, 0.717) is 25.4 Å². The summed E-state index contributed by atoms with van der Waals surface area (Å²) in [6.45, 7) is 1.66. The first-order valence-electron chi connectivity index (χ1n) is 5.93. The van der Waals surface area contributed by atoms with Crippen LogP contribution in [0.2, 0.25) is 0 Å². The molecule has 0 saturated carbocycles. The minimum atomic E-state index is -0.972. The Bertz CT molecular complexity index is 416. The standard InChI is InChI=1S/C12H16N2O4/c15-11(16)7-10-12(17)14(5-2-4-13-10)8-9-3-1-6-18-9/h1,3,6,10,13H,2,4-5,7-8H2,(H,15,16). The number of rotatable bonds is 4. The van der Waals surface area contributed by atoms with Gasteiger partial charge in [0.2, 0.25) is 5.91 Å². The number of nitrogens with zero attached hydrogens (tertiary/aromatic N) is 1. The lowest BCUT2D eigenvalue weighted by molar-refractivity contribution is -0.142. The minimum Gasteiger partial charge on any atom is -0.481 e. The predicted molar refractivity (Wildman–Crippen MR) is 62.8 cm³/mol. The van der Waals surface area contributed by atoms with Crippen molar-refractivity contribution in [3.63, 3.8) is 0 Å². The monoisotopic (exact) mass is 252 g/mol. The van der Waals surface area contributed by atoms with Crippen molar-refractivity contribution in [3.8, 4) is 0 Å². The number of hydrogen-bond donors (Lipinski definition) is 2. The summed E-state index contributed by atoms with van der Waals surface area (Å²) in [6, 6.07) is 2.93. The third-order valence-electron chi connectivity index (χ3n) is 2.91. The molecule has 18 heavy (non-hydrogen) atoms. The first-order chi connectivity index (χ1) is 8.66. The van der Waals surface area contributed by atoms with Crippen LogP contribution in [0.15, 0.2) is 22.8 Å². The van der Waals surface area contributed by atoms with E-state index >= 15 is 0 Å². The van der Waals surface area contributed by atoms with E-state index in [1.54, 1.807) is 23.3 Å². The van der Waals surface area contributed by atoms with Gasteiger partial charge in [0.25, 0.3) is 0 Å². The Morgan fingerprint density at radius 3 is 3.11 bits per heavy atom. The number of hydrogen-bond acceptors (Lipinski definition) is 4.